The number of hydrogen-bond donors (Lipinski definition) is 1. The van der Waals surface area contributed by atoms with Crippen LogP contribution in [0.15, 0.2) is 54.6 Å². The van der Waals surface area contributed by atoms with E-state index in [1.807, 2.05) is 55.5 Å². The number of aryl methyl sites for hydroxylation is 2. The van der Waals surface area contributed by atoms with Gasteiger partial charge in [-0.2, -0.15) is 0 Å². The van der Waals surface area contributed by atoms with Crippen molar-refractivity contribution in [2.24, 2.45) is 0 Å². The van der Waals surface area contributed by atoms with Gasteiger partial charge in [0.1, 0.15) is 18.1 Å². The van der Waals surface area contributed by atoms with Gasteiger partial charge in [-0.3, -0.25) is 9.71 Å². The molecule has 0 aliphatic carbocycles. The Balaban J connectivity index is 1.67. The van der Waals surface area contributed by atoms with E-state index >= 15 is 0 Å². The number of benzene rings is 2. The number of nitrogens with zero attached hydrogens (tertiary/aromatic N) is 1. The lowest BCUT2D eigenvalue weighted by Crippen LogP contribution is -2.21. The Bertz CT molecular complexity index is 999. The second-order valence-electron chi connectivity index (χ2n) is 6.10. The van der Waals surface area contributed by atoms with Gasteiger partial charge < -0.3 is 4.74 Å². The van der Waals surface area contributed by atoms with Gasteiger partial charge in [-0.1, -0.05) is 37.3 Å². The fraction of sp³-hybridized carbons (Fsp3) is 0.250. The summed E-state index contributed by atoms with van der Waals surface area (Å²) in [7, 11) is -3.53. The summed E-state index contributed by atoms with van der Waals surface area (Å²) < 4.78 is 33.1. The lowest BCUT2D eigenvalue weighted by atomic mass is 10.2. The van der Waals surface area contributed by atoms with E-state index in [-0.39, 0.29) is 12.4 Å². The number of anilines is 1. The van der Waals surface area contributed by atoms with Crippen molar-refractivity contribution in [2.75, 3.05) is 17.1 Å². The summed E-state index contributed by atoms with van der Waals surface area (Å²) >= 11 is 0. The Morgan fingerprint density at radius 2 is 1.81 bits per heavy atom. The molecule has 0 atom stereocenters. The van der Waals surface area contributed by atoms with E-state index in [2.05, 4.69) is 16.6 Å². The molecule has 0 saturated carbocycles. The normalized spacial score (nSPS) is 11.5. The van der Waals surface area contributed by atoms with E-state index < -0.39 is 10.0 Å². The SMILES string of the molecule is CCc1ccc(OCCS(=O)(=O)Nc2cc(C)nc3ccccc23)cc1. The van der Waals surface area contributed by atoms with Crippen molar-refractivity contribution in [1.29, 1.82) is 0 Å². The zero-order valence-electron chi connectivity index (χ0n) is 14.9. The molecule has 3 rings (SSSR count). The van der Waals surface area contributed by atoms with Crippen molar-refractivity contribution >= 4 is 26.6 Å². The molecule has 26 heavy (non-hydrogen) atoms. The van der Waals surface area contributed by atoms with Crippen LogP contribution < -0.4 is 9.46 Å². The molecule has 3 aromatic rings. The minimum absolute atomic E-state index is 0.0861. The molecule has 1 N–H and O–H groups in total. The van der Waals surface area contributed by atoms with Crippen LogP contribution in [0.4, 0.5) is 5.69 Å². The topological polar surface area (TPSA) is 68.3 Å². The lowest BCUT2D eigenvalue weighted by molar-refractivity contribution is 0.341. The molecule has 0 saturated heterocycles. The second kappa shape index (κ2) is 7.74. The number of aromatic nitrogens is 1. The van der Waals surface area contributed by atoms with Crippen molar-refractivity contribution < 1.29 is 13.2 Å². The highest BCUT2D eigenvalue weighted by molar-refractivity contribution is 7.92. The van der Waals surface area contributed by atoms with Crippen LogP contribution in [-0.2, 0) is 16.4 Å². The summed E-state index contributed by atoms with van der Waals surface area (Å²) in [5.74, 6) is 0.542. The van der Waals surface area contributed by atoms with Gasteiger partial charge in [-0.05, 0) is 43.2 Å². The molecule has 1 aromatic heterocycles. The maximum atomic E-state index is 12.4. The molecule has 0 bridgehead atoms. The highest BCUT2D eigenvalue weighted by atomic mass is 32.2. The first-order valence-corrected chi connectivity index (χ1v) is 10.2. The van der Waals surface area contributed by atoms with Gasteiger partial charge in [0, 0.05) is 11.1 Å². The van der Waals surface area contributed by atoms with E-state index in [0.717, 1.165) is 23.0 Å². The van der Waals surface area contributed by atoms with Crippen LogP contribution in [0.1, 0.15) is 18.2 Å². The van der Waals surface area contributed by atoms with Crippen molar-refractivity contribution in [3.8, 4) is 5.75 Å². The molecule has 0 aliphatic rings. The Morgan fingerprint density at radius 1 is 1.08 bits per heavy atom. The maximum Gasteiger partial charge on any atom is 0.236 e. The molecule has 0 radical (unpaired) electrons. The summed E-state index contributed by atoms with van der Waals surface area (Å²) in [6.07, 6.45) is 0.956. The average Bonchev–Trinajstić information content (AvgIpc) is 2.61. The highest BCUT2D eigenvalue weighted by Gasteiger charge is 2.14. The molecule has 2 aromatic carbocycles. The predicted molar refractivity (Wildman–Crippen MR) is 105 cm³/mol. The lowest BCUT2D eigenvalue weighted by Gasteiger charge is -2.12. The van der Waals surface area contributed by atoms with E-state index in [4.69, 9.17) is 4.74 Å². The number of rotatable bonds is 7. The smallest absolute Gasteiger partial charge is 0.236 e. The van der Waals surface area contributed by atoms with Crippen molar-refractivity contribution in [1.82, 2.24) is 4.98 Å². The fourth-order valence-electron chi connectivity index (χ4n) is 2.70. The quantitative estimate of drug-likeness (QED) is 0.684. The molecule has 0 unspecified atom stereocenters. The third-order valence-electron chi connectivity index (χ3n) is 4.06. The van der Waals surface area contributed by atoms with E-state index in [0.29, 0.717) is 11.4 Å². The first kappa shape index (κ1) is 18.2. The van der Waals surface area contributed by atoms with Gasteiger partial charge >= 0.3 is 0 Å². The number of sulfonamides is 1. The number of para-hydroxylation sites is 1. The Labute approximate surface area is 154 Å². The Kier molecular flexibility index (Phi) is 5.42. The van der Waals surface area contributed by atoms with Crippen LogP contribution in [0.25, 0.3) is 10.9 Å². The first-order chi connectivity index (χ1) is 12.5. The molecule has 0 spiro atoms. The standard InChI is InChI=1S/C20H22N2O3S/c1-3-16-8-10-17(11-9-16)25-12-13-26(23,24)22-20-14-15(2)21-19-7-5-4-6-18(19)20/h4-11,14H,3,12-13H2,1-2H3,(H,21,22). The maximum absolute atomic E-state index is 12.4. The minimum atomic E-state index is -3.53. The highest BCUT2D eigenvalue weighted by Crippen LogP contribution is 2.24. The van der Waals surface area contributed by atoms with E-state index in [9.17, 15) is 8.42 Å². The molecule has 1 heterocycles. The summed E-state index contributed by atoms with van der Waals surface area (Å²) in [6.45, 7) is 4.01. The van der Waals surface area contributed by atoms with Gasteiger partial charge in [0.15, 0.2) is 0 Å². The van der Waals surface area contributed by atoms with Gasteiger partial charge in [0.2, 0.25) is 10.0 Å². The molecular formula is C20H22N2O3S. The van der Waals surface area contributed by atoms with Crippen LogP contribution in [0.5, 0.6) is 5.75 Å². The van der Waals surface area contributed by atoms with Crippen molar-refractivity contribution in [2.45, 2.75) is 20.3 Å². The zero-order valence-corrected chi connectivity index (χ0v) is 15.7. The monoisotopic (exact) mass is 370 g/mol. The molecule has 0 aliphatic heterocycles. The van der Waals surface area contributed by atoms with Gasteiger partial charge in [0.25, 0.3) is 0 Å². The number of hydrogen-bond acceptors (Lipinski definition) is 4. The van der Waals surface area contributed by atoms with Crippen molar-refractivity contribution in [3.63, 3.8) is 0 Å². The second-order valence-corrected chi connectivity index (χ2v) is 7.94. The molecule has 136 valence electrons. The molecular weight excluding hydrogens is 348 g/mol. The summed E-state index contributed by atoms with van der Waals surface area (Å²) in [6, 6.07) is 16.9. The first-order valence-electron chi connectivity index (χ1n) is 8.55. The number of fused-ring (bicyclic) bond motifs is 1. The Morgan fingerprint density at radius 3 is 2.54 bits per heavy atom. The summed E-state index contributed by atoms with van der Waals surface area (Å²) in [5, 5.41) is 0.776. The van der Waals surface area contributed by atoms with Crippen LogP contribution in [0.3, 0.4) is 0 Å². The molecule has 0 amide bonds. The van der Waals surface area contributed by atoms with Crippen LogP contribution in [0.2, 0.25) is 0 Å². The van der Waals surface area contributed by atoms with Crippen LogP contribution in [-0.4, -0.2) is 25.8 Å². The van der Waals surface area contributed by atoms with Gasteiger partial charge in [-0.25, -0.2) is 8.42 Å². The largest absolute Gasteiger partial charge is 0.492 e. The Hall–Kier alpha value is -2.60. The molecule has 0 fully saturated rings. The third kappa shape index (κ3) is 4.52. The number of ether oxygens (including phenoxy) is 1. The van der Waals surface area contributed by atoms with Crippen LogP contribution in [0, 0.1) is 6.92 Å². The number of pyridine rings is 1. The summed E-state index contributed by atoms with van der Waals surface area (Å²) in [4.78, 5) is 4.42. The van der Waals surface area contributed by atoms with Crippen molar-refractivity contribution in [3.05, 3.63) is 65.9 Å². The van der Waals surface area contributed by atoms with E-state index in [1.165, 1.54) is 5.56 Å². The average molecular weight is 370 g/mol. The fourth-order valence-corrected chi connectivity index (χ4v) is 3.61. The number of nitrogens with one attached hydrogen (secondary N) is 1. The van der Waals surface area contributed by atoms with Crippen LogP contribution >= 0.6 is 0 Å². The zero-order chi connectivity index (χ0) is 18.6. The molecule has 6 heteroatoms. The minimum Gasteiger partial charge on any atom is -0.492 e. The summed E-state index contributed by atoms with van der Waals surface area (Å²) in [5.41, 5.74) is 3.28. The third-order valence-corrected chi connectivity index (χ3v) is 5.30. The molecule has 5 nitrogen and oxygen atoms in total. The van der Waals surface area contributed by atoms with Gasteiger partial charge in [-0.15, -0.1) is 0 Å². The van der Waals surface area contributed by atoms with Gasteiger partial charge in [0.05, 0.1) is 11.2 Å². The van der Waals surface area contributed by atoms with E-state index in [1.54, 1.807) is 6.07 Å². The predicted octanol–water partition coefficient (Wildman–Crippen LogP) is 3.93.